The highest BCUT2D eigenvalue weighted by atomic mass is 15.5. The van der Waals surface area contributed by atoms with Crippen molar-refractivity contribution in [3.05, 3.63) is 252 Å². The normalized spacial score (nSPS) is 13.9. The van der Waals surface area contributed by atoms with Gasteiger partial charge in [-0.3, -0.25) is 0 Å². The number of hydrogen-bond donors (Lipinski definition) is 0. The summed E-state index contributed by atoms with van der Waals surface area (Å²) in [5.41, 5.74) is 11.8. The van der Waals surface area contributed by atoms with Crippen molar-refractivity contribution in [2.75, 3.05) is 14.8 Å². The summed E-state index contributed by atoms with van der Waals surface area (Å²) in [6.45, 7) is 3.33. The van der Waals surface area contributed by atoms with Gasteiger partial charge in [-0.25, -0.2) is 9.99 Å². The Labute approximate surface area is 359 Å². The standard InChI is InChI=1S/C56H49N5/c1-5-15-46(16-6-1)40-59(41-47-17-7-2-8-18-47)52-33-26-44(27-34-52)25-32-51-39-54(61(58-51)56-38-31-50-23-13-14-24-55(50)57-56)37-30-45-28-35-53(36-29-45)60(42-48-19-9-3-10-20-48)43-49-21-11-4-12-22-49/h1-38,54H,39-43H2. The Bertz CT molecular complexity index is 2630. The second-order valence-electron chi connectivity index (χ2n) is 15.6. The van der Waals surface area contributed by atoms with Gasteiger partial charge in [0, 0.05) is 49.4 Å². The van der Waals surface area contributed by atoms with E-state index < -0.39 is 0 Å². The van der Waals surface area contributed by atoms with Crippen LogP contribution in [0.1, 0.15) is 39.8 Å². The van der Waals surface area contributed by atoms with Gasteiger partial charge in [0.1, 0.15) is 5.82 Å². The zero-order chi connectivity index (χ0) is 41.1. The van der Waals surface area contributed by atoms with Gasteiger partial charge in [-0.15, -0.1) is 0 Å². The molecular formula is C56H49N5. The highest BCUT2D eigenvalue weighted by molar-refractivity contribution is 6.01. The van der Waals surface area contributed by atoms with Crippen LogP contribution in [0.25, 0.3) is 23.1 Å². The zero-order valence-corrected chi connectivity index (χ0v) is 34.3. The molecule has 1 aliphatic heterocycles. The predicted octanol–water partition coefficient (Wildman–Crippen LogP) is 13.0. The fourth-order valence-corrected chi connectivity index (χ4v) is 7.91. The molecule has 0 fully saturated rings. The van der Waals surface area contributed by atoms with E-state index in [1.54, 1.807) is 0 Å². The minimum absolute atomic E-state index is 0.00700. The number of anilines is 3. The lowest BCUT2D eigenvalue weighted by Gasteiger charge is -2.25. The van der Waals surface area contributed by atoms with Crippen LogP contribution in [0.15, 0.2) is 224 Å². The van der Waals surface area contributed by atoms with Gasteiger partial charge in [0.25, 0.3) is 0 Å². The molecule has 1 aliphatic rings. The maximum atomic E-state index is 5.16. The lowest BCUT2D eigenvalue weighted by molar-refractivity contribution is 0.779. The van der Waals surface area contributed by atoms with Crippen LogP contribution in [0.2, 0.25) is 0 Å². The molecule has 61 heavy (non-hydrogen) atoms. The van der Waals surface area contributed by atoms with Gasteiger partial charge in [0.05, 0.1) is 17.3 Å². The lowest BCUT2D eigenvalue weighted by atomic mass is 10.1. The Kier molecular flexibility index (Phi) is 12.2. The number of fused-ring (bicyclic) bond motifs is 1. The van der Waals surface area contributed by atoms with Crippen LogP contribution in [-0.4, -0.2) is 16.7 Å². The third-order valence-corrected chi connectivity index (χ3v) is 11.1. The molecule has 0 spiro atoms. The predicted molar refractivity (Wildman–Crippen MR) is 257 cm³/mol. The summed E-state index contributed by atoms with van der Waals surface area (Å²) >= 11 is 0. The second-order valence-corrected chi connectivity index (χ2v) is 15.6. The van der Waals surface area contributed by atoms with Crippen molar-refractivity contribution in [3.8, 4) is 0 Å². The second kappa shape index (κ2) is 19.0. The van der Waals surface area contributed by atoms with Gasteiger partial charge in [-0.2, -0.15) is 5.10 Å². The van der Waals surface area contributed by atoms with E-state index in [9.17, 15) is 0 Å². The van der Waals surface area contributed by atoms with Crippen molar-refractivity contribution >= 4 is 46.0 Å². The Morgan fingerprint density at radius 1 is 0.443 bits per heavy atom. The number of para-hydroxylation sites is 1. The zero-order valence-electron chi connectivity index (χ0n) is 34.3. The first-order chi connectivity index (χ1) is 30.2. The molecule has 1 aromatic heterocycles. The molecule has 8 aromatic rings. The number of rotatable bonds is 15. The summed E-state index contributed by atoms with van der Waals surface area (Å²) in [5, 5.41) is 8.36. The van der Waals surface area contributed by atoms with Crippen LogP contribution in [0.3, 0.4) is 0 Å². The molecular weight excluding hydrogens is 743 g/mol. The Morgan fingerprint density at radius 3 is 1.38 bits per heavy atom. The van der Waals surface area contributed by atoms with E-state index in [4.69, 9.17) is 10.1 Å². The molecule has 0 saturated heterocycles. The lowest BCUT2D eigenvalue weighted by Crippen LogP contribution is -2.24. The molecule has 0 N–H and O–H groups in total. The Hall–Kier alpha value is -7.50. The number of pyridine rings is 1. The molecule has 0 amide bonds. The summed E-state index contributed by atoms with van der Waals surface area (Å²) in [7, 11) is 0. The van der Waals surface area contributed by atoms with Gasteiger partial charge in [-0.1, -0.05) is 182 Å². The number of hydrazone groups is 1. The Balaban J connectivity index is 0.934. The van der Waals surface area contributed by atoms with Crippen molar-refractivity contribution < 1.29 is 0 Å². The molecule has 5 heteroatoms. The molecule has 0 bridgehead atoms. The van der Waals surface area contributed by atoms with E-state index in [0.29, 0.717) is 0 Å². The van der Waals surface area contributed by atoms with Gasteiger partial charge in [-0.05, 0) is 81.9 Å². The fraction of sp³-hybridized carbons (Fsp3) is 0.107. The average Bonchev–Trinajstić information content (AvgIpc) is 3.74. The molecule has 2 heterocycles. The third-order valence-electron chi connectivity index (χ3n) is 11.1. The van der Waals surface area contributed by atoms with E-state index in [0.717, 1.165) is 66.2 Å². The molecule has 9 rings (SSSR count). The molecule has 0 saturated carbocycles. The summed E-state index contributed by atoms with van der Waals surface area (Å²) in [6, 6.07) is 73.0. The van der Waals surface area contributed by atoms with Crippen molar-refractivity contribution in [2.24, 2.45) is 5.10 Å². The van der Waals surface area contributed by atoms with E-state index in [1.165, 1.54) is 33.6 Å². The summed E-state index contributed by atoms with van der Waals surface area (Å²) < 4.78 is 0. The van der Waals surface area contributed by atoms with Crippen molar-refractivity contribution in [1.29, 1.82) is 0 Å². The first-order valence-corrected chi connectivity index (χ1v) is 21.1. The van der Waals surface area contributed by atoms with E-state index >= 15 is 0 Å². The van der Waals surface area contributed by atoms with Crippen molar-refractivity contribution in [3.63, 3.8) is 0 Å². The number of aromatic nitrogens is 1. The van der Waals surface area contributed by atoms with Gasteiger partial charge >= 0.3 is 0 Å². The minimum atomic E-state index is 0.00700. The average molecular weight is 792 g/mol. The topological polar surface area (TPSA) is 35.0 Å². The molecule has 0 aliphatic carbocycles. The molecule has 1 unspecified atom stereocenters. The summed E-state index contributed by atoms with van der Waals surface area (Å²) in [4.78, 5) is 9.92. The SMILES string of the molecule is C(=Cc1ccc(N(Cc2ccccc2)Cc2ccccc2)cc1)C1=NN(c2ccc3ccccc3n2)C(C=Cc2ccc(N(Cc3ccccc3)Cc3ccccc3)cc2)C1. The number of allylic oxidation sites excluding steroid dienone is 1. The summed E-state index contributed by atoms with van der Waals surface area (Å²) in [6.07, 6.45) is 9.59. The molecule has 298 valence electrons. The van der Waals surface area contributed by atoms with E-state index in [2.05, 4.69) is 239 Å². The maximum absolute atomic E-state index is 5.16. The summed E-state index contributed by atoms with van der Waals surface area (Å²) in [5.74, 6) is 0.839. The quantitative estimate of drug-likeness (QED) is 0.104. The van der Waals surface area contributed by atoms with E-state index in [-0.39, 0.29) is 6.04 Å². The monoisotopic (exact) mass is 791 g/mol. The first-order valence-electron chi connectivity index (χ1n) is 21.1. The number of hydrogen-bond acceptors (Lipinski definition) is 5. The highest BCUT2D eigenvalue weighted by Crippen LogP contribution is 2.29. The van der Waals surface area contributed by atoms with Crippen LogP contribution in [0.4, 0.5) is 17.2 Å². The smallest absolute Gasteiger partial charge is 0.150 e. The van der Waals surface area contributed by atoms with Crippen LogP contribution >= 0.6 is 0 Å². The number of nitrogens with zero attached hydrogens (tertiary/aromatic N) is 5. The third kappa shape index (κ3) is 10.2. The van der Waals surface area contributed by atoms with Crippen LogP contribution in [0.5, 0.6) is 0 Å². The molecule has 1 atom stereocenters. The van der Waals surface area contributed by atoms with Gasteiger partial charge < -0.3 is 9.80 Å². The van der Waals surface area contributed by atoms with Crippen molar-refractivity contribution in [2.45, 2.75) is 38.6 Å². The van der Waals surface area contributed by atoms with Crippen LogP contribution < -0.4 is 14.8 Å². The van der Waals surface area contributed by atoms with Crippen LogP contribution in [0, 0.1) is 0 Å². The largest absolute Gasteiger partial charge is 0.363 e. The van der Waals surface area contributed by atoms with Gasteiger partial charge in [0.15, 0.2) is 0 Å². The minimum Gasteiger partial charge on any atom is -0.363 e. The molecule has 5 nitrogen and oxygen atoms in total. The fourth-order valence-electron chi connectivity index (χ4n) is 7.91. The molecule has 0 radical (unpaired) electrons. The maximum Gasteiger partial charge on any atom is 0.150 e. The van der Waals surface area contributed by atoms with Crippen molar-refractivity contribution in [1.82, 2.24) is 4.98 Å². The van der Waals surface area contributed by atoms with E-state index in [1.807, 2.05) is 6.07 Å². The Morgan fingerprint density at radius 2 is 0.885 bits per heavy atom. The highest BCUT2D eigenvalue weighted by Gasteiger charge is 2.26. The number of benzene rings is 7. The molecule has 7 aromatic carbocycles. The van der Waals surface area contributed by atoms with Crippen LogP contribution in [-0.2, 0) is 26.2 Å². The first kappa shape index (κ1) is 39.0. The van der Waals surface area contributed by atoms with Gasteiger partial charge in [0.2, 0.25) is 0 Å².